The van der Waals surface area contributed by atoms with Crippen molar-refractivity contribution in [2.75, 3.05) is 11.8 Å². The summed E-state index contributed by atoms with van der Waals surface area (Å²) in [6, 6.07) is 4.70. The first kappa shape index (κ1) is 16.3. The highest BCUT2D eigenvalue weighted by Crippen LogP contribution is 2.19. The first-order valence-electron chi connectivity index (χ1n) is 6.03. The third kappa shape index (κ3) is 3.61. The maximum Gasteiger partial charge on any atom is 0.301 e. The SMILES string of the molecule is Cc1ccc(C(N)=NO)cc1NS(=O)(=O)N(C)C(C)C. The largest absolute Gasteiger partial charge is 0.409 e. The van der Waals surface area contributed by atoms with Crippen LogP contribution >= 0.6 is 0 Å². The summed E-state index contributed by atoms with van der Waals surface area (Å²) in [6.45, 7) is 5.32. The van der Waals surface area contributed by atoms with Crippen molar-refractivity contribution in [3.63, 3.8) is 0 Å². The van der Waals surface area contributed by atoms with Gasteiger partial charge in [-0.1, -0.05) is 17.3 Å². The maximum absolute atomic E-state index is 12.1. The average molecular weight is 300 g/mol. The fourth-order valence-corrected chi connectivity index (χ4v) is 2.63. The van der Waals surface area contributed by atoms with E-state index in [1.165, 1.54) is 17.4 Å². The van der Waals surface area contributed by atoms with E-state index >= 15 is 0 Å². The molecule has 0 spiro atoms. The second-order valence-corrected chi connectivity index (χ2v) is 6.46. The first-order chi connectivity index (χ1) is 9.19. The van der Waals surface area contributed by atoms with E-state index in [-0.39, 0.29) is 11.9 Å². The van der Waals surface area contributed by atoms with Crippen molar-refractivity contribution in [3.8, 4) is 0 Å². The molecule has 0 radical (unpaired) electrons. The normalized spacial score (nSPS) is 13.0. The van der Waals surface area contributed by atoms with Crippen molar-refractivity contribution < 1.29 is 13.6 Å². The van der Waals surface area contributed by atoms with Gasteiger partial charge in [0.25, 0.3) is 0 Å². The van der Waals surface area contributed by atoms with Crippen LogP contribution in [0.2, 0.25) is 0 Å². The average Bonchev–Trinajstić information content (AvgIpc) is 2.39. The number of amidine groups is 1. The van der Waals surface area contributed by atoms with Crippen molar-refractivity contribution in [2.45, 2.75) is 26.8 Å². The number of hydrogen-bond donors (Lipinski definition) is 3. The molecule has 0 fully saturated rings. The third-order valence-corrected chi connectivity index (χ3v) is 4.64. The molecule has 4 N–H and O–H groups in total. The lowest BCUT2D eigenvalue weighted by molar-refractivity contribution is 0.318. The number of nitrogens with one attached hydrogen (secondary N) is 1. The molecular weight excluding hydrogens is 280 g/mol. The molecule has 0 saturated heterocycles. The molecule has 0 unspecified atom stereocenters. The zero-order valence-corrected chi connectivity index (χ0v) is 12.8. The van der Waals surface area contributed by atoms with Crippen molar-refractivity contribution >= 4 is 21.7 Å². The molecular formula is C12H20N4O3S. The fraction of sp³-hybridized carbons (Fsp3) is 0.417. The van der Waals surface area contributed by atoms with Gasteiger partial charge in [0.2, 0.25) is 0 Å². The van der Waals surface area contributed by atoms with Gasteiger partial charge in [-0.25, -0.2) is 0 Å². The van der Waals surface area contributed by atoms with Gasteiger partial charge in [0.05, 0.1) is 5.69 Å². The zero-order valence-electron chi connectivity index (χ0n) is 12.0. The van der Waals surface area contributed by atoms with Gasteiger partial charge in [0.15, 0.2) is 5.84 Å². The summed E-state index contributed by atoms with van der Waals surface area (Å²) < 4.78 is 28.0. The van der Waals surface area contributed by atoms with Gasteiger partial charge in [-0.2, -0.15) is 12.7 Å². The lowest BCUT2D eigenvalue weighted by Gasteiger charge is -2.22. The monoisotopic (exact) mass is 300 g/mol. The third-order valence-electron chi connectivity index (χ3n) is 2.99. The lowest BCUT2D eigenvalue weighted by atomic mass is 10.1. The van der Waals surface area contributed by atoms with Gasteiger partial charge < -0.3 is 10.9 Å². The van der Waals surface area contributed by atoms with Crippen molar-refractivity contribution in [1.29, 1.82) is 0 Å². The minimum atomic E-state index is -3.64. The van der Waals surface area contributed by atoms with E-state index in [0.717, 1.165) is 5.56 Å². The van der Waals surface area contributed by atoms with Crippen LogP contribution in [0.5, 0.6) is 0 Å². The molecule has 8 heteroatoms. The number of hydrogen-bond acceptors (Lipinski definition) is 4. The van der Waals surface area contributed by atoms with Crippen molar-refractivity contribution in [2.24, 2.45) is 10.9 Å². The molecule has 0 amide bonds. The molecule has 0 heterocycles. The molecule has 0 atom stereocenters. The van der Waals surface area contributed by atoms with E-state index in [1.807, 2.05) is 0 Å². The minimum Gasteiger partial charge on any atom is -0.409 e. The van der Waals surface area contributed by atoms with Gasteiger partial charge in [0, 0.05) is 18.7 Å². The second kappa shape index (κ2) is 6.10. The summed E-state index contributed by atoms with van der Waals surface area (Å²) in [7, 11) is -2.15. The summed E-state index contributed by atoms with van der Waals surface area (Å²) in [6.07, 6.45) is 0. The number of nitrogens with zero attached hydrogens (tertiary/aromatic N) is 2. The van der Waals surface area contributed by atoms with E-state index < -0.39 is 10.2 Å². The lowest BCUT2D eigenvalue weighted by Crippen LogP contribution is -2.37. The van der Waals surface area contributed by atoms with Gasteiger partial charge in [-0.05, 0) is 32.4 Å². The van der Waals surface area contributed by atoms with Crippen LogP contribution in [0.3, 0.4) is 0 Å². The van der Waals surface area contributed by atoms with E-state index in [9.17, 15) is 8.42 Å². The standard InChI is InChI=1S/C12H20N4O3S/c1-8(2)16(4)20(18,19)15-11-7-10(12(13)14-17)6-5-9(11)3/h5-8,15,17H,1-4H3,(H2,13,14). The highest BCUT2D eigenvalue weighted by Gasteiger charge is 2.21. The molecule has 0 aliphatic carbocycles. The summed E-state index contributed by atoms with van der Waals surface area (Å²) in [5.74, 6) is -0.0809. The Morgan fingerprint density at radius 1 is 1.45 bits per heavy atom. The Kier molecular flexibility index (Phi) is 4.96. The Bertz CT molecular complexity index is 611. The molecule has 0 aliphatic heterocycles. The number of aryl methyl sites for hydroxylation is 1. The van der Waals surface area contributed by atoms with Crippen LogP contribution in [0.4, 0.5) is 5.69 Å². The maximum atomic E-state index is 12.1. The van der Waals surface area contributed by atoms with Gasteiger partial charge in [0.1, 0.15) is 0 Å². The smallest absolute Gasteiger partial charge is 0.301 e. The molecule has 1 rings (SSSR count). The van der Waals surface area contributed by atoms with Crippen LogP contribution in [-0.2, 0) is 10.2 Å². The van der Waals surface area contributed by atoms with E-state index in [1.54, 1.807) is 32.9 Å². The van der Waals surface area contributed by atoms with Crippen molar-refractivity contribution in [3.05, 3.63) is 29.3 Å². The molecule has 20 heavy (non-hydrogen) atoms. The van der Waals surface area contributed by atoms with Crippen LogP contribution in [0.15, 0.2) is 23.4 Å². The van der Waals surface area contributed by atoms with E-state index in [0.29, 0.717) is 11.3 Å². The van der Waals surface area contributed by atoms with Crippen LogP contribution in [0, 0.1) is 6.92 Å². The molecule has 1 aromatic carbocycles. The Morgan fingerprint density at radius 3 is 2.55 bits per heavy atom. The molecule has 1 aromatic rings. The van der Waals surface area contributed by atoms with Crippen LogP contribution in [0.1, 0.15) is 25.0 Å². The number of nitrogens with two attached hydrogens (primary N) is 1. The Morgan fingerprint density at radius 2 is 2.05 bits per heavy atom. The zero-order chi connectivity index (χ0) is 15.5. The van der Waals surface area contributed by atoms with E-state index in [4.69, 9.17) is 10.9 Å². The summed E-state index contributed by atoms with van der Waals surface area (Å²) in [5, 5.41) is 11.6. The summed E-state index contributed by atoms with van der Waals surface area (Å²) in [5.41, 5.74) is 7.06. The number of oxime groups is 1. The number of anilines is 1. The highest BCUT2D eigenvalue weighted by molar-refractivity contribution is 7.90. The first-order valence-corrected chi connectivity index (χ1v) is 7.47. The van der Waals surface area contributed by atoms with Crippen molar-refractivity contribution in [1.82, 2.24) is 4.31 Å². The molecule has 0 bridgehead atoms. The second-order valence-electron chi connectivity index (χ2n) is 4.73. The Balaban J connectivity index is 3.15. The molecule has 112 valence electrons. The molecule has 0 aliphatic rings. The molecule has 7 nitrogen and oxygen atoms in total. The number of benzene rings is 1. The predicted molar refractivity (Wildman–Crippen MR) is 79.1 cm³/mol. The Labute approximate surface area is 119 Å². The fourth-order valence-electron chi connectivity index (χ4n) is 1.44. The number of rotatable bonds is 5. The molecule has 0 saturated carbocycles. The summed E-state index contributed by atoms with van der Waals surface area (Å²) >= 11 is 0. The van der Waals surface area contributed by atoms with Gasteiger partial charge in [-0.15, -0.1) is 0 Å². The highest BCUT2D eigenvalue weighted by atomic mass is 32.2. The minimum absolute atomic E-state index is 0.0809. The summed E-state index contributed by atoms with van der Waals surface area (Å²) in [4.78, 5) is 0. The Hall–Kier alpha value is -1.80. The predicted octanol–water partition coefficient (Wildman–Crippen LogP) is 1.09. The van der Waals surface area contributed by atoms with Gasteiger partial charge in [-0.3, -0.25) is 4.72 Å². The van der Waals surface area contributed by atoms with Crippen LogP contribution < -0.4 is 10.5 Å². The van der Waals surface area contributed by atoms with Gasteiger partial charge >= 0.3 is 10.2 Å². The molecule has 0 aromatic heterocycles. The van der Waals surface area contributed by atoms with Crippen LogP contribution in [-0.4, -0.2) is 36.9 Å². The quantitative estimate of drug-likeness (QED) is 0.327. The van der Waals surface area contributed by atoms with E-state index in [2.05, 4.69) is 9.88 Å². The topological polar surface area (TPSA) is 108 Å². The van der Waals surface area contributed by atoms with Crippen LogP contribution in [0.25, 0.3) is 0 Å².